The van der Waals surface area contributed by atoms with Gasteiger partial charge in [-0.25, -0.2) is 0 Å². The van der Waals surface area contributed by atoms with Crippen LogP contribution in [0.5, 0.6) is 11.5 Å². The van der Waals surface area contributed by atoms with E-state index in [0.29, 0.717) is 29.5 Å². The first-order valence-corrected chi connectivity index (χ1v) is 6.22. The first-order valence-electron chi connectivity index (χ1n) is 5.68. The number of rotatable bonds is 6. The van der Waals surface area contributed by atoms with E-state index in [1.54, 1.807) is 25.3 Å². The van der Waals surface area contributed by atoms with Crippen LogP contribution in [0.3, 0.4) is 0 Å². The van der Waals surface area contributed by atoms with Crippen LogP contribution in [0.1, 0.15) is 17.3 Å². The highest BCUT2D eigenvalue weighted by Crippen LogP contribution is 2.27. The molecule has 1 aromatic rings. The molecular weight excluding hydrogens is 254 g/mol. The summed E-state index contributed by atoms with van der Waals surface area (Å²) < 4.78 is 10.3. The minimum atomic E-state index is -0.145. The van der Waals surface area contributed by atoms with Gasteiger partial charge in [0.2, 0.25) is 0 Å². The molecule has 0 saturated carbocycles. The molecule has 100 valence electrons. The molecule has 0 aliphatic rings. The van der Waals surface area contributed by atoms with Crippen LogP contribution < -0.4 is 14.8 Å². The van der Waals surface area contributed by atoms with Gasteiger partial charge >= 0.3 is 0 Å². The summed E-state index contributed by atoms with van der Waals surface area (Å²) in [5.41, 5.74) is 0.537. The van der Waals surface area contributed by atoms with E-state index in [1.165, 1.54) is 7.11 Å². The molecular formula is C13H18ClNO3. The number of alkyl halides is 1. The Balaban J connectivity index is 2.74. The van der Waals surface area contributed by atoms with Gasteiger partial charge in [-0.15, -0.1) is 11.6 Å². The van der Waals surface area contributed by atoms with E-state index < -0.39 is 0 Å². The van der Waals surface area contributed by atoms with E-state index in [-0.39, 0.29) is 11.8 Å². The zero-order valence-corrected chi connectivity index (χ0v) is 11.6. The van der Waals surface area contributed by atoms with Crippen molar-refractivity contribution in [3.63, 3.8) is 0 Å². The van der Waals surface area contributed by atoms with E-state index in [0.717, 1.165) is 0 Å². The molecule has 0 heterocycles. The van der Waals surface area contributed by atoms with E-state index in [9.17, 15) is 4.79 Å². The van der Waals surface area contributed by atoms with Gasteiger partial charge in [0.1, 0.15) is 0 Å². The van der Waals surface area contributed by atoms with Crippen LogP contribution in [0.4, 0.5) is 0 Å². The molecule has 0 saturated heterocycles. The average molecular weight is 272 g/mol. The molecule has 1 aromatic carbocycles. The van der Waals surface area contributed by atoms with Crippen LogP contribution in [0.15, 0.2) is 18.2 Å². The Kier molecular flexibility index (Phi) is 5.78. The predicted octanol–water partition coefficient (Wildman–Crippen LogP) is 2.31. The number of hydrogen-bond donors (Lipinski definition) is 1. The summed E-state index contributed by atoms with van der Waals surface area (Å²) in [7, 11) is 3.09. The zero-order valence-electron chi connectivity index (χ0n) is 10.8. The van der Waals surface area contributed by atoms with Crippen molar-refractivity contribution in [2.45, 2.75) is 6.92 Å². The number of carbonyl (C=O) groups is 1. The Morgan fingerprint density at radius 1 is 1.33 bits per heavy atom. The molecule has 1 rings (SSSR count). The lowest BCUT2D eigenvalue weighted by Crippen LogP contribution is -2.28. The molecule has 4 nitrogen and oxygen atoms in total. The molecule has 0 aromatic heterocycles. The van der Waals surface area contributed by atoms with Gasteiger partial charge < -0.3 is 14.8 Å². The standard InChI is InChI=1S/C13H18ClNO3/c1-9(7-14)8-15-13(16)10-4-5-11(17-2)12(6-10)18-3/h4-6,9H,7-8H2,1-3H3,(H,15,16). The SMILES string of the molecule is COc1ccc(C(=O)NCC(C)CCl)cc1OC. The second-order valence-corrected chi connectivity index (χ2v) is 4.35. The summed E-state index contributed by atoms with van der Waals surface area (Å²) in [4.78, 5) is 11.9. The first-order chi connectivity index (χ1) is 8.62. The van der Waals surface area contributed by atoms with E-state index >= 15 is 0 Å². The van der Waals surface area contributed by atoms with Gasteiger partial charge in [0.05, 0.1) is 14.2 Å². The molecule has 1 atom stereocenters. The van der Waals surface area contributed by atoms with Gasteiger partial charge in [0, 0.05) is 18.0 Å². The second kappa shape index (κ2) is 7.11. The molecule has 18 heavy (non-hydrogen) atoms. The number of ether oxygens (including phenoxy) is 2. The van der Waals surface area contributed by atoms with E-state index in [1.807, 2.05) is 6.92 Å². The smallest absolute Gasteiger partial charge is 0.251 e. The number of nitrogens with one attached hydrogen (secondary N) is 1. The molecule has 1 N–H and O–H groups in total. The Hall–Kier alpha value is -1.42. The molecule has 0 radical (unpaired) electrons. The summed E-state index contributed by atoms with van der Waals surface area (Å²) in [6.45, 7) is 2.53. The molecule has 0 spiro atoms. The van der Waals surface area contributed by atoms with Crippen LogP contribution in [-0.4, -0.2) is 32.6 Å². The van der Waals surface area contributed by atoms with Gasteiger partial charge in [-0.05, 0) is 24.1 Å². The van der Waals surface area contributed by atoms with Crippen LogP contribution in [0.25, 0.3) is 0 Å². The quantitative estimate of drug-likeness (QED) is 0.808. The maximum atomic E-state index is 11.9. The topological polar surface area (TPSA) is 47.6 Å². The number of benzene rings is 1. The third-order valence-corrected chi connectivity index (χ3v) is 3.05. The summed E-state index contributed by atoms with van der Waals surface area (Å²) in [6, 6.07) is 5.06. The highest BCUT2D eigenvalue weighted by molar-refractivity contribution is 6.18. The summed E-state index contributed by atoms with van der Waals surface area (Å²) in [6.07, 6.45) is 0. The molecule has 0 fully saturated rings. The fourth-order valence-electron chi connectivity index (χ4n) is 1.40. The molecule has 0 bridgehead atoms. The van der Waals surface area contributed by atoms with Crippen LogP contribution in [0, 0.1) is 5.92 Å². The predicted molar refractivity (Wildman–Crippen MR) is 71.8 cm³/mol. The summed E-state index contributed by atoms with van der Waals surface area (Å²) >= 11 is 5.68. The third kappa shape index (κ3) is 3.81. The number of hydrogen-bond acceptors (Lipinski definition) is 3. The normalized spacial score (nSPS) is 11.8. The van der Waals surface area contributed by atoms with Gasteiger partial charge in [-0.2, -0.15) is 0 Å². The number of carbonyl (C=O) groups excluding carboxylic acids is 1. The zero-order chi connectivity index (χ0) is 13.5. The lowest BCUT2D eigenvalue weighted by molar-refractivity contribution is 0.0949. The summed E-state index contributed by atoms with van der Waals surface area (Å²) in [5.74, 6) is 1.76. The minimum Gasteiger partial charge on any atom is -0.493 e. The highest BCUT2D eigenvalue weighted by Gasteiger charge is 2.11. The van der Waals surface area contributed by atoms with Crippen molar-refractivity contribution in [2.24, 2.45) is 5.92 Å². The molecule has 1 amide bonds. The summed E-state index contributed by atoms with van der Waals surface area (Å²) in [5, 5.41) is 2.82. The Morgan fingerprint density at radius 3 is 2.56 bits per heavy atom. The Morgan fingerprint density at radius 2 is 2.00 bits per heavy atom. The van der Waals surface area contributed by atoms with E-state index in [4.69, 9.17) is 21.1 Å². The van der Waals surface area contributed by atoms with E-state index in [2.05, 4.69) is 5.32 Å². The monoisotopic (exact) mass is 271 g/mol. The fraction of sp³-hybridized carbons (Fsp3) is 0.462. The van der Waals surface area contributed by atoms with Crippen molar-refractivity contribution in [3.05, 3.63) is 23.8 Å². The van der Waals surface area contributed by atoms with Crippen LogP contribution in [-0.2, 0) is 0 Å². The lowest BCUT2D eigenvalue weighted by Gasteiger charge is -2.11. The largest absolute Gasteiger partial charge is 0.493 e. The molecule has 0 aliphatic carbocycles. The maximum Gasteiger partial charge on any atom is 0.251 e. The van der Waals surface area contributed by atoms with Crippen molar-refractivity contribution >= 4 is 17.5 Å². The van der Waals surface area contributed by atoms with Gasteiger partial charge in [-0.1, -0.05) is 6.92 Å². The number of halogens is 1. The van der Waals surface area contributed by atoms with Crippen LogP contribution in [0.2, 0.25) is 0 Å². The van der Waals surface area contributed by atoms with Gasteiger partial charge in [0.25, 0.3) is 5.91 Å². The molecule has 0 aliphatic heterocycles. The minimum absolute atomic E-state index is 0.145. The lowest BCUT2D eigenvalue weighted by atomic mass is 10.1. The molecule has 1 unspecified atom stereocenters. The Labute approximate surface area is 112 Å². The van der Waals surface area contributed by atoms with Crippen molar-refractivity contribution in [1.82, 2.24) is 5.32 Å². The van der Waals surface area contributed by atoms with Crippen LogP contribution >= 0.6 is 11.6 Å². The second-order valence-electron chi connectivity index (χ2n) is 4.04. The maximum absolute atomic E-state index is 11.9. The van der Waals surface area contributed by atoms with Crippen molar-refractivity contribution in [2.75, 3.05) is 26.6 Å². The van der Waals surface area contributed by atoms with Gasteiger partial charge in [0.15, 0.2) is 11.5 Å². The van der Waals surface area contributed by atoms with Gasteiger partial charge in [-0.3, -0.25) is 4.79 Å². The number of amides is 1. The molecule has 5 heteroatoms. The van der Waals surface area contributed by atoms with Crippen molar-refractivity contribution in [3.8, 4) is 11.5 Å². The number of methoxy groups -OCH3 is 2. The third-order valence-electron chi connectivity index (χ3n) is 2.52. The average Bonchev–Trinajstić information content (AvgIpc) is 2.43. The Bertz CT molecular complexity index is 409. The fourth-order valence-corrected chi connectivity index (χ4v) is 1.51. The highest BCUT2D eigenvalue weighted by atomic mass is 35.5. The van der Waals surface area contributed by atoms with Crippen molar-refractivity contribution < 1.29 is 14.3 Å². The first kappa shape index (κ1) is 14.6. The van der Waals surface area contributed by atoms with Crippen molar-refractivity contribution in [1.29, 1.82) is 0 Å².